The van der Waals surface area contributed by atoms with E-state index in [0.29, 0.717) is 57.5 Å². The fraction of sp³-hybridized carbons (Fsp3) is 0.310. The normalized spacial score (nSPS) is 15.7. The first kappa shape index (κ1) is 26.9. The van der Waals surface area contributed by atoms with Gasteiger partial charge in [-0.15, -0.1) is 0 Å². The molecule has 1 unspecified atom stereocenters. The topological polar surface area (TPSA) is 115 Å². The van der Waals surface area contributed by atoms with Crippen molar-refractivity contribution in [3.05, 3.63) is 71.0 Å². The lowest BCUT2D eigenvalue weighted by Gasteiger charge is -2.19. The van der Waals surface area contributed by atoms with Crippen LogP contribution in [0, 0.1) is 0 Å². The van der Waals surface area contributed by atoms with E-state index in [2.05, 4.69) is 5.32 Å². The highest BCUT2D eigenvalue weighted by molar-refractivity contribution is 6.24. The van der Waals surface area contributed by atoms with Crippen LogP contribution in [-0.4, -0.2) is 86.0 Å². The monoisotopic (exact) mass is 545 g/mol. The first-order chi connectivity index (χ1) is 19.2. The number of rotatable bonds is 8. The lowest BCUT2D eigenvalue weighted by Crippen LogP contribution is -2.34. The largest absolute Gasteiger partial charge is 0.465 e. The number of anilines is 1. The summed E-state index contributed by atoms with van der Waals surface area (Å²) in [7, 11) is 8.78. The molecule has 2 aromatic carbocycles. The quantitative estimate of drug-likeness (QED) is 0.342. The number of aliphatic imine (C=N–C) groups is 1. The summed E-state index contributed by atoms with van der Waals surface area (Å²) in [5.41, 5.74) is 3.63. The molecule has 2 amide bonds. The van der Waals surface area contributed by atoms with Crippen LogP contribution in [0.25, 0.3) is 0 Å². The van der Waals surface area contributed by atoms with Crippen molar-refractivity contribution in [2.75, 3.05) is 53.5 Å². The van der Waals surface area contributed by atoms with Gasteiger partial charge in [0.25, 0.3) is 5.91 Å². The molecule has 208 valence electrons. The van der Waals surface area contributed by atoms with E-state index in [-0.39, 0.29) is 18.6 Å². The maximum Gasteiger partial charge on any atom is 0.337 e. The molecule has 0 bridgehead atoms. The van der Waals surface area contributed by atoms with Gasteiger partial charge in [0, 0.05) is 44.6 Å². The van der Waals surface area contributed by atoms with Crippen molar-refractivity contribution in [3.63, 3.8) is 0 Å². The zero-order chi connectivity index (χ0) is 28.6. The smallest absolute Gasteiger partial charge is 0.337 e. The van der Waals surface area contributed by atoms with Gasteiger partial charge < -0.3 is 33.9 Å². The van der Waals surface area contributed by atoms with E-state index in [4.69, 9.17) is 19.2 Å². The average molecular weight is 546 g/mol. The van der Waals surface area contributed by atoms with Crippen LogP contribution in [0.4, 0.5) is 11.4 Å². The molecule has 3 heterocycles. The Morgan fingerprint density at radius 1 is 1.05 bits per heavy atom. The molecule has 1 atom stereocenters. The molecule has 0 saturated carbocycles. The fourth-order valence-electron chi connectivity index (χ4n) is 4.74. The Morgan fingerprint density at radius 3 is 2.55 bits per heavy atom. The first-order valence-corrected chi connectivity index (χ1v) is 12.7. The van der Waals surface area contributed by atoms with E-state index >= 15 is 0 Å². The van der Waals surface area contributed by atoms with Crippen LogP contribution in [0.15, 0.2) is 53.7 Å². The van der Waals surface area contributed by atoms with Crippen LogP contribution in [0.5, 0.6) is 11.5 Å². The Labute approximate surface area is 231 Å². The molecule has 11 heteroatoms. The Hall–Kier alpha value is -4.64. The molecule has 0 aliphatic carbocycles. The zero-order valence-electron chi connectivity index (χ0n) is 23.1. The molecule has 3 aromatic rings. The Morgan fingerprint density at radius 2 is 1.80 bits per heavy atom. The van der Waals surface area contributed by atoms with Crippen LogP contribution in [0.1, 0.15) is 37.9 Å². The molecule has 2 aliphatic rings. The second kappa shape index (κ2) is 10.9. The van der Waals surface area contributed by atoms with E-state index in [0.717, 1.165) is 6.54 Å². The second-order valence-corrected chi connectivity index (χ2v) is 10.0. The lowest BCUT2D eigenvalue weighted by atomic mass is 9.90. The number of hydrogen-bond acceptors (Lipinski definition) is 8. The maximum atomic E-state index is 13.4. The van der Waals surface area contributed by atoms with E-state index in [9.17, 15) is 14.4 Å². The SMILES string of the molecule is COC(=O)c1ccc2c(c1)NC(=O)C2C(=Nc1cc(C(=O)N(C)CCN(C)C)n(C)c1)c1ccc2c(c1)OCO2. The van der Waals surface area contributed by atoms with Crippen LogP contribution < -0.4 is 14.8 Å². The summed E-state index contributed by atoms with van der Waals surface area (Å²) < 4.78 is 17.6. The van der Waals surface area contributed by atoms with Gasteiger partial charge >= 0.3 is 5.97 Å². The number of esters is 1. The summed E-state index contributed by atoms with van der Waals surface area (Å²) in [6.45, 7) is 1.42. The molecule has 2 aliphatic heterocycles. The van der Waals surface area contributed by atoms with Crippen molar-refractivity contribution in [1.82, 2.24) is 14.4 Å². The molecular weight excluding hydrogens is 514 g/mol. The summed E-state index contributed by atoms with van der Waals surface area (Å²) in [5, 5.41) is 2.87. The molecule has 0 saturated heterocycles. The molecule has 0 fully saturated rings. The van der Waals surface area contributed by atoms with Gasteiger partial charge in [0.05, 0.1) is 24.1 Å². The molecule has 5 rings (SSSR count). The van der Waals surface area contributed by atoms with Crippen molar-refractivity contribution in [2.45, 2.75) is 5.92 Å². The number of benzene rings is 2. The Kier molecular flexibility index (Phi) is 7.31. The van der Waals surface area contributed by atoms with Crippen LogP contribution in [0.3, 0.4) is 0 Å². The minimum atomic E-state index is -0.774. The van der Waals surface area contributed by atoms with Gasteiger partial charge in [-0.25, -0.2) is 4.79 Å². The molecular formula is C29H31N5O6. The van der Waals surface area contributed by atoms with Crippen LogP contribution in [0.2, 0.25) is 0 Å². The van der Waals surface area contributed by atoms with Gasteiger partial charge in [0.15, 0.2) is 11.5 Å². The standard InChI is InChI=1S/C29H31N5O6/c1-32(2)10-11-33(3)28(36)22-14-19(15-34(22)4)30-26(17-7-9-23-24(13-17)40-16-39-23)25-20-8-6-18(29(37)38-5)12-21(20)31-27(25)35/h6-9,12-15,25H,10-11,16H2,1-5H3,(H,31,35). The van der Waals surface area contributed by atoms with Gasteiger partial charge in [-0.3, -0.25) is 14.6 Å². The molecule has 40 heavy (non-hydrogen) atoms. The highest BCUT2D eigenvalue weighted by Gasteiger charge is 2.36. The molecule has 1 N–H and O–H groups in total. The highest BCUT2D eigenvalue weighted by Crippen LogP contribution is 2.39. The summed E-state index contributed by atoms with van der Waals surface area (Å²) in [6.07, 6.45) is 1.76. The van der Waals surface area contributed by atoms with Gasteiger partial charge in [0.1, 0.15) is 11.6 Å². The minimum Gasteiger partial charge on any atom is -0.465 e. The number of nitrogens with zero attached hydrogens (tertiary/aromatic N) is 4. The zero-order valence-corrected chi connectivity index (χ0v) is 23.1. The highest BCUT2D eigenvalue weighted by atomic mass is 16.7. The second-order valence-electron chi connectivity index (χ2n) is 10.0. The maximum absolute atomic E-state index is 13.4. The molecule has 1 aromatic heterocycles. The van der Waals surface area contributed by atoms with Gasteiger partial charge in [-0.2, -0.15) is 0 Å². The predicted octanol–water partition coefficient (Wildman–Crippen LogP) is 3.03. The predicted molar refractivity (Wildman–Crippen MR) is 149 cm³/mol. The number of methoxy groups -OCH3 is 1. The average Bonchev–Trinajstić information content (AvgIpc) is 3.64. The number of hydrogen-bond donors (Lipinski definition) is 1. The Balaban J connectivity index is 1.56. The molecule has 0 radical (unpaired) electrons. The third kappa shape index (κ3) is 5.15. The minimum absolute atomic E-state index is 0.111. The lowest BCUT2D eigenvalue weighted by molar-refractivity contribution is -0.115. The molecule has 11 nitrogen and oxygen atoms in total. The number of fused-ring (bicyclic) bond motifs is 2. The van der Waals surface area contributed by atoms with E-state index < -0.39 is 11.9 Å². The van der Waals surface area contributed by atoms with Crippen molar-refractivity contribution >= 4 is 34.9 Å². The number of nitrogens with one attached hydrogen (secondary N) is 1. The Bertz CT molecular complexity index is 1530. The van der Waals surface area contributed by atoms with Crippen molar-refractivity contribution in [2.24, 2.45) is 12.0 Å². The fourth-order valence-corrected chi connectivity index (χ4v) is 4.74. The number of carbonyl (C=O) groups is 3. The van der Waals surface area contributed by atoms with Crippen molar-refractivity contribution < 1.29 is 28.6 Å². The van der Waals surface area contributed by atoms with Gasteiger partial charge in [0.2, 0.25) is 12.7 Å². The number of amides is 2. The summed E-state index contributed by atoms with van der Waals surface area (Å²) in [4.78, 5) is 47.2. The number of aromatic nitrogens is 1. The van der Waals surface area contributed by atoms with Gasteiger partial charge in [-0.05, 0) is 56.1 Å². The summed E-state index contributed by atoms with van der Waals surface area (Å²) >= 11 is 0. The number of carbonyl (C=O) groups excluding carboxylic acids is 3. The van der Waals surface area contributed by atoms with E-state index in [1.54, 1.807) is 66.2 Å². The third-order valence-corrected chi connectivity index (χ3v) is 6.94. The number of aryl methyl sites for hydroxylation is 1. The molecule has 0 spiro atoms. The summed E-state index contributed by atoms with van der Waals surface area (Å²) in [5.74, 6) is -0.531. The van der Waals surface area contributed by atoms with Gasteiger partial charge in [-0.1, -0.05) is 6.07 Å². The third-order valence-electron chi connectivity index (χ3n) is 6.94. The van der Waals surface area contributed by atoms with Crippen molar-refractivity contribution in [1.29, 1.82) is 0 Å². The van der Waals surface area contributed by atoms with E-state index in [1.165, 1.54) is 7.11 Å². The number of ether oxygens (including phenoxy) is 3. The van der Waals surface area contributed by atoms with Crippen LogP contribution in [-0.2, 0) is 16.6 Å². The number of likely N-dealkylation sites (N-methyl/N-ethyl adjacent to an activating group) is 2. The van der Waals surface area contributed by atoms with Crippen LogP contribution >= 0.6 is 0 Å². The first-order valence-electron chi connectivity index (χ1n) is 12.7. The van der Waals surface area contributed by atoms with E-state index in [1.807, 2.05) is 25.1 Å². The summed E-state index contributed by atoms with van der Waals surface area (Å²) in [6, 6.07) is 12.1. The van der Waals surface area contributed by atoms with Crippen molar-refractivity contribution in [3.8, 4) is 11.5 Å².